The van der Waals surface area contributed by atoms with E-state index in [1.54, 1.807) is 55.5 Å². The molecule has 0 unspecified atom stereocenters. The second-order valence-electron chi connectivity index (χ2n) is 6.84. The fourth-order valence-electron chi connectivity index (χ4n) is 2.89. The first-order valence-electron chi connectivity index (χ1n) is 9.65. The predicted octanol–water partition coefficient (Wildman–Crippen LogP) is 4.70. The van der Waals surface area contributed by atoms with E-state index >= 15 is 0 Å². The fourth-order valence-corrected chi connectivity index (χ4v) is 3.20. The standard InChI is InChI=1S/C23H22Cl2N2O4/c1-16(23(29)26-13-19-5-4-12-30-19)27(14-17-8-10-18(24)11-9-17)22(28)15-31-21-7-3-2-6-20(21)25/h2-12,16H,13-15H2,1H3,(H,26,29)/t16-/m1/s1. The summed E-state index contributed by atoms with van der Waals surface area (Å²) >= 11 is 12.1. The van der Waals surface area contributed by atoms with Gasteiger partial charge in [-0.3, -0.25) is 9.59 Å². The van der Waals surface area contributed by atoms with Crippen LogP contribution in [0.15, 0.2) is 71.3 Å². The van der Waals surface area contributed by atoms with Crippen LogP contribution in [0.5, 0.6) is 5.75 Å². The molecule has 0 saturated heterocycles. The molecule has 6 nitrogen and oxygen atoms in total. The van der Waals surface area contributed by atoms with E-state index in [2.05, 4.69) is 5.32 Å². The monoisotopic (exact) mass is 460 g/mol. The van der Waals surface area contributed by atoms with Crippen molar-refractivity contribution in [2.24, 2.45) is 0 Å². The molecule has 2 amide bonds. The van der Waals surface area contributed by atoms with Crippen molar-refractivity contribution in [1.82, 2.24) is 10.2 Å². The van der Waals surface area contributed by atoms with Crippen molar-refractivity contribution in [2.75, 3.05) is 6.61 Å². The Balaban J connectivity index is 1.70. The maximum absolute atomic E-state index is 13.0. The lowest BCUT2D eigenvalue weighted by Crippen LogP contribution is -2.48. The van der Waals surface area contributed by atoms with Crippen molar-refractivity contribution in [3.05, 3.63) is 88.3 Å². The van der Waals surface area contributed by atoms with Crippen LogP contribution in [0.2, 0.25) is 10.0 Å². The predicted molar refractivity (Wildman–Crippen MR) is 119 cm³/mol. The van der Waals surface area contributed by atoms with E-state index in [0.29, 0.717) is 21.6 Å². The third-order valence-electron chi connectivity index (χ3n) is 4.64. The number of hydrogen-bond donors (Lipinski definition) is 1. The highest BCUT2D eigenvalue weighted by Gasteiger charge is 2.26. The molecule has 1 atom stereocenters. The van der Waals surface area contributed by atoms with Gasteiger partial charge in [0, 0.05) is 11.6 Å². The molecule has 1 N–H and O–H groups in total. The largest absolute Gasteiger partial charge is 0.482 e. The van der Waals surface area contributed by atoms with E-state index in [1.807, 2.05) is 12.1 Å². The van der Waals surface area contributed by atoms with Gasteiger partial charge in [-0.25, -0.2) is 0 Å². The second-order valence-corrected chi connectivity index (χ2v) is 7.68. The highest BCUT2D eigenvalue weighted by atomic mass is 35.5. The molecule has 0 spiro atoms. The molecule has 0 aliphatic carbocycles. The zero-order valence-electron chi connectivity index (χ0n) is 16.9. The Morgan fingerprint density at radius 2 is 1.81 bits per heavy atom. The summed E-state index contributed by atoms with van der Waals surface area (Å²) in [7, 11) is 0. The lowest BCUT2D eigenvalue weighted by atomic mass is 10.1. The molecule has 31 heavy (non-hydrogen) atoms. The van der Waals surface area contributed by atoms with Crippen LogP contribution in [0.25, 0.3) is 0 Å². The van der Waals surface area contributed by atoms with Crippen molar-refractivity contribution in [3.8, 4) is 5.75 Å². The Hall–Kier alpha value is -2.96. The molecule has 0 radical (unpaired) electrons. The zero-order chi connectivity index (χ0) is 22.2. The lowest BCUT2D eigenvalue weighted by Gasteiger charge is -2.28. The maximum atomic E-state index is 13.0. The van der Waals surface area contributed by atoms with Crippen molar-refractivity contribution in [1.29, 1.82) is 0 Å². The van der Waals surface area contributed by atoms with Crippen LogP contribution in [-0.4, -0.2) is 29.4 Å². The Bertz CT molecular complexity index is 1010. The molecule has 0 bridgehead atoms. The van der Waals surface area contributed by atoms with Gasteiger partial charge in [-0.2, -0.15) is 0 Å². The Labute approximate surface area is 190 Å². The summed E-state index contributed by atoms with van der Waals surface area (Å²) in [5, 5.41) is 3.79. The Morgan fingerprint density at radius 3 is 2.48 bits per heavy atom. The molecule has 1 heterocycles. The van der Waals surface area contributed by atoms with Crippen molar-refractivity contribution in [2.45, 2.75) is 26.1 Å². The fraction of sp³-hybridized carbons (Fsp3) is 0.217. The van der Waals surface area contributed by atoms with E-state index in [-0.39, 0.29) is 31.5 Å². The van der Waals surface area contributed by atoms with Crippen LogP contribution >= 0.6 is 23.2 Å². The number of hydrogen-bond acceptors (Lipinski definition) is 4. The number of benzene rings is 2. The van der Waals surface area contributed by atoms with Gasteiger partial charge in [-0.1, -0.05) is 47.5 Å². The summed E-state index contributed by atoms with van der Waals surface area (Å²) in [5.74, 6) is 0.365. The summed E-state index contributed by atoms with van der Waals surface area (Å²) in [6.45, 7) is 1.86. The van der Waals surface area contributed by atoms with Crippen LogP contribution in [0.3, 0.4) is 0 Å². The zero-order valence-corrected chi connectivity index (χ0v) is 18.4. The van der Waals surface area contributed by atoms with Crippen LogP contribution < -0.4 is 10.1 Å². The van der Waals surface area contributed by atoms with E-state index in [1.165, 1.54) is 11.2 Å². The van der Waals surface area contributed by atoms with Crippen LogP contribution in [0.1, 0.15) is 18.2 Å². The Kier molecular flexibility index (Phi) is 7.98. The van der Waals surface area contributed by atoms with Crippen molar-refractivity contribution < 1.29 is 18.7 Å². The number of carbonyl (C=O) groups excluding carboxylic acids is 2. The van der Waals surface area contributed by atoms with Gasteiger partial charge < -0.3 is 19.4 Å². The van der Waals surface area contributed by atoms with E-state index in [0.717, 1.165) is 5.56 Å². The molecule has 8 heteroatoms. The number of furan rings is 1. The quantitative estimate of drug-likeness (QED) is 0.502. The first-order chi connectivity index (χ1) is 14.9. The highest BCUT2D eigenvalue weighted by Crippen LogP contribution is 2.23. The normalized spacial score (nSPS) is 11.6. The molecule has 2 aromatic carbocycles. The van der Waals surface area contributed by atoms with Gasteiger partial charge in [0.15, 0.2) is 6.61 Å². The number of rotatable bonds is 9. The number of carbonyl (C=O) groups is 2. The third-order valence-corrected chi connectivity index (χ3v) is 5.20. The average Bonchev–Trinajstić information content (AvgIpc) is 3.29. The number of para-hydroxylation sites is 1. The minimum absolute atomic E-state index is 0.219. The van der Waals surface area contributed by atoms with Crippen molar-refractivity contribution >= 4 is 35.0 Å². The average molecular weight is 461 g/mol. The number of amides is 2. The van der Waals surface area contributed by atoms with Crippen LogP contribution in [-0.2, 0) is 22.7 Å². The molecule has 0 aliphatic rings. The van der Waals surface area contributed by atoms with Gasteiger partial charge >= 0.3 is 0 Å². The number of ether oxygens (including phenoxy) is 1. The van der Waals surface area contributed by atoms with E-state index < -0.39 is 6.04 Å². The Morgan fingerprint density at radius 1 is 1.06 bits per heavy atom. The van der Waals surface area contributed by atoms with Gasteiger partial charge in [0.2, 0.25) is 5.91 Å². The molecule has 3 rings (SSSR count). The minimum atomic E-state index is -0.743. The molecule has 1 aromatic heterocycles. The van der Waals surface area contributed by atoms with Gasteiger partial charge in [0.25, 0.3) is 5.91 Å². The van der Waals surface area contributed by atoms with Crippen LogP contribution in [0.4, 0.5) is 0 Å². The van der Waals surface area contributed by atoms with Gasteiger partial charge in [-0.05, 0) is 48.9 Å². The molecule has 162 valence electrons. The minimum Gasteiger partial charge on any atom is -0.482 e. The summed E-state index contributed by atoms with van der Waals surface area (Å²) in [6.07, 6.45) is 1.54. The summed E-state index contributed by atoms with van der Waals surface area (Å²) < 4.78 is 10.8. The maximum Gasteiger partial charge on any atom is 0.261 e. The van der Waals surface area contributed by atoms with Crippen LogP contribution in [0, 0.1) is 0 Å². The summed E-state index contributed by atoms with van der Waals surface area (Å²) in [5.41, 5.74) is 0.834. The van der Waals surface area contributed by atoms with E-state index in [4.69, 9.17) is 32.4 Å². The topological polar surface area (TPSA) is 71.8 Å². The SMILES string of the molecule is C[C@H](C(=O)NCc1ccco1)N(Cc1ccc(Cl)cc1)C(=O)COc1ccccc1Cl. The lowest BCUT2D eigenvalue weighted by molar-refractivity contribution is -0.142. The van der Waals surface area contributed by atoms with Gasteiger partial charge in [-0.15, -0.1) is 0 Å². The van der Waals surface area contributed by atoms with E-state index in [9.17, 15) is 9.59 Å². The molecule has 0 saturated carbocycles. The summed E-state index contributed by atoms with van der Waals surface area (Å²) in [4.78, 5) is 27.2. The molecular formula is C23H22Cl2N2O4. The van der Waals surface area contributed by atoms with Gasteiger partial charge in [0.05, 0.1) is 17.8 Å². The number of nitrogens with zero attached hydrogens (tertiary/aromatic N) is 1. The smallest absolute Gasteiger partial charge is 0.261 e. The molecule has 0 fully saturated rings. The molecule has 3 aromatic rings. The second kappa shape index (κ2) is 10.9. The number of nitrogens with one attached hydrogen (secondary N) is 1. The molecule has 0 aliphatic heterocycles. The third kappa shape index (κ3) is 6.51. The van der Waals surface area contributed by atoms with Gasteiger partial charge in [0.1, 0.15) is 17.6 Å². The first kappa shape index (κ1) is 22.7. The van der Waals surface area contributed by atoms with Crippen molar-refractivity contribution in [3.63, 3.8) is 0 Å². The number of halogens is 2. The summed E-state index contributed by atoms with van der Waals surface area (Å²) in [6, 6.07) is 16.8. The molecular weight excluding hydrogens is 439 g/mol. The highest BCUT2D eigenvalue weighted by molar-refractivity contribution is 6.32. The first-order valence-corrected chi connectivity index (χ1v) is 10.4.